The van der Waals surface area contributed by atoms with E-state index in [0.29, 0.717) is 30.0 Å². The van der Waals surface area contributed by atoms with Gasteiger partial charge in [-0.2, -0.15) is 0 Å². The number of imidazole rings is 2. The van der Waals surface area contributed by atoms with E-state index in [-0.39, 0.29) is 11.2 Å². The Morgan fingerprint density at radius 1 is 1.10 bits per heavy atom. The SMILES string of the molecule is CC(C)c1ccccc1-n1ccnc1SCCCn1c(=O)c2c(ncn2C)n(C)c1=O. The minimum atomic E-state index is -0.339. The molecule has 31 heavy (non-hydrogen) atoms. The highest BCUT2D eigenvalue weighted by atomic mass is 32.2. The first-order valence-corrected chi connectivity index (χ1v) is 11.2. The third-order valence-electron chi connectivity index (χ3n) is 5.38. The Kier molecular flexibility index (Phi) is 5.86. The fourth-order valence-electron chi connectivity index (χ4n) is 3.75. The van der Waals surface area contributed by atoms with E-state index in [1.165, 1.54) is 14.7 Å². The number of aryl methyl sites for hydroxylation is 2. The topological polar surface area (TPSA) is 79.6 Å². The average Bonchev–Trinajstić information content (AvgIpc) is 3.38. The molecule has 0 saturated heterocycles. The van der Waals surface area contributed by atoms with Gasteiger partial charge in [0.25, 0.3) is 5.56 Å². The van der Waals surface area contributed by atoms with E-state index in [9.17, 15) is 9.59 Å². The Hall–Kier alpha value is -3.07. The quantitative estimate of drug-likeness (QED) is 0.327. The predicted molar refractivity (Wildman–Crippen MR) is 123 cm³/mol. The van der Waals surface area contributed by atoms with Gasteiger partial charge in [0, 0.05) is 38.8 Å². The number of fused-ring (bicyclic) bond motifs is 1. The molecule has 1 aromatic carbocycles. The highest BCUT2D eigenvalue weighted by Crippen LogP contribution is 2.27. The Morgan fingerprint density at radius 3 is 2.65 bits per heavy atom. The maximum absolute atomic E-state index is 12.8. The first kappa shape index (κ1) is 21.2. The first-order chi connectivity index (χ1) is 14.9. The number of hydrogen-bond donors (Lipinski definition) is 0. The van der Waals surface area contributed by atoms with E-state index in [2.05, 4.69) is 46.6 Å². The van der Waals surface area contributed by atoms with Crippen LogP contribution in [0.25, 0.3) is 16.9 Å². The molecule has 0 amide bonds. The molecule has 4 rings (SSSR count). The Labute approximate surface area is 184 Å². The van der Waals surface area contributed by atoms with E-state index in [0.717, 1.165) is 16.6 Å². The van der Waals surface area contributed by atoms with Crippen molar-refractivity contribution in [3.8, 4) is 5.69 Å². The van der Waals surface area contributed by atoms with Crippen molar-refractivity contribution < 1.29 is 0 Å². The van der Waals surface area contributed by atoms with Gasteiger partial charge < -0.3 is 4.57 Å². The molecule has 0 aliphatic rings. The molecule has 0 fully saturated rings. The largest absolute Gasteiger partial charge is 0.332 e. The van der Waals surface area contributed by atoms with Crippen molar-refractivity contribution in [1.29, 1.82) is 0 Å². The molecule has 9 heteroatoms. The summed E-state index contributed by atoms with van der Waals surface area (Å²) in [4.78, 5) is 34.1. The van der Waals surface area contributed by atoms with Crippen molar-refractivity contribution in [1.82, 2.24) is 28.2 Å². The summed E-state index contributed by atoms with van der Waals surface area (Å²) in [6.45, 7) is 4.71. The van der Waals surface area contributed by atoms with Gasteiger partial charge in [0.2, 0.25) is 0 Å². The lowest BCUT2D eigenvalue weighted by Crippen LogP contribution is -2.39. The van der Waals surface area contributed by atoms with Gasteiger partial charge >= 0.3 is 5.69 Å². The van der Waals surface area contributed by atoms with Crippen LogP contribution in [0.2, 0.25) is 0 Å². The molecule has 162 valence electrons. The fourth-order valence-corrected chi connectivity index (χ4v) is 4.64. The molecule has 0 bridgehead atoms. The summed E-state index contributed by atoms with van der Waals surface area (Å²) in [5, 5.41) is 0.899. The third-order valence-corrected chi connectivity index (χ3v) is 6.44. The number of benzene rings is 1. The second kappa shape index (κ2) is 8.58. The van der Waals surface area contributed by atoms with E-state index >= 15 is 0 Å². The fraction of sp³-hybridized carbons (Fsp3) is 0.364. The Morgan fingerprint density at radius 2 is 1.87 bits per heavy atom. The molecular weight excluding hydrogens is 412 g/mol. The van der Waals surface area contributed by atoms with Crippen LogP contribution >= 0.6 is 11.8 Å². The van der Waals surface area contributed by atoms with Crippen LogP contribution in [0, 0.1) is 0 Å². The lowest BCUT2D eigenvalue weighted by atomic mass is 10.0. The van der Waals surface area contributed by atoms with Crippen LogP contribution in [-0.2, 0) is 20.6 Å². The Balaban J connectivity index is 1.51. The summed E-state index contributed by atoms with van der Waals surface area (Å²) in [6, 6.07) is 8.34. The van der Waals surface area contributed by atoms with Gasteiger partial charge in [-0.25, -0.2) is 14.8 Å². The number of hydrogen-bond acceptors (Lipinski definition) is 5. The van der Waals surface area contributed by atoms with Gasteiger partial charge in [-0.1, -0.05) is 43.8 Å². The minimum Gasteiger partial charge on any atom is -0.328 e. The smallest absolute Gasteiger partial charge is 0.328 e. The van der Waals surface area contributed by atoms with Crippen molar-refractivity contribution in [3.63, 3.8) is 0 Å². The van der Waals surface area contributed by atoms with Gasteiger partial charge in [-0.3, -0.25) is 18.5 Å². The summed E-state index contributed by atoms with van der Waals surface area (Å²) >= 11 is 1.62. The maximum Gasteiger partial charge on any atom is 0.332 e. The molecule has 0 aliphatic carbocycles. The number of thioether (sulfide) groups is 1. The van der Waals surface area contributed by atoms with Gasteiger partial charge in [-0.05, 0) is 24.0 Å². The summed E-state index contributed by atoms with van der Waals surface area (Å²) < 4.78 is 6.49. The van der Waals surface area contributed by atoms with E-state index < -0.39 is 0 Å². The minimum absolute atomic E-state index is 0.296. The van der Waals surface area contributed by atoms with E-state index in [1.807, 2.05) is 12.3 Å². The molecular formula is C22H26N6O2S. The van der Waals surface area contributed by atoms with Crippen LogP contribution in [0.3, 0.4) is 0 Å². The molecule has 4 aromatic rings. The molecule has 0 aliphatic heterocycles. The molecule has 0 unspecified atom stereocenters. The number of nitrogens with zero attached hydrogens (tertiary/aromatic N) is 6. The van der Waals surface area contributed by atoms with Crippen molar-refractivity contribution in [2.75, 3.05) is 5.75 Å². The number of para-hydroxylation sites is 1. The molecule has 0 N–H and O–H groups in total. The van der Waals surface area contributed by atoms with Crippen LogP contribution in [0.4, 0.5) is 0 Å². The summed E-state index contributed by atoms with van der Waals surface area (Å²) in [5.41, 5.74) is 2.61. The maximum atomic E-state index is 12.8. The first-order valence-electron chi connectivity index (χ1n) is 10.3. The molecule has 0 radical (unpaired) electrons. The molecule has 3 aromatic heterocycles. The van der Waals surface area contributed by atoms with Crippen molar-refractivity contribution >= 4 is 22.9 Å². The van der Waals surface area contributed by atoms with Crippen LogP contribution < -0.4 is 11.2 Å². The average molecular weight is 439 g/mol. The normalized spacial score (nSPS) is 11.6. The zero-order chi connectivity index (χ0) is 22.1. The molecule has 8 nitrogen and oxygen atoms in total. The monoisotopic (exact) mass is 438 g/mol. The lowest BCUT2D eigenvalue weighted by molar-refractivity contribution is 0.594. The van der Waals surface area contributed by atoms with Crippen molar-refractivity contribution in [2.45, 2.75) is 37.9 Å². The predicted octanol–water partition coefficient (Wildman–Crippen LogP) is 2.93. The van der Waals surface area contributed by atoms with E-state index in [1.54, 1.807) is 42.9 Å². The van der Waals surface area contributed by atoms with Gasteiger partial charge in [0.1, 0.15) is 0 Å². The lowest BCUT2D eigenvalue weighted by Gasteiger charge is -2.15. The molecule has 0 atom stereocenters. The summed E-state index contributed by atoms with van der Waals surface area (Å²) in [7, 11) is 3.40. The van der Waals surface area contributed by atoms with Crippen molar-refractivity contribution in [2.24, 2.45) is 14.1 Å². The van der Waals surface area contributed by atoms with Crippen LogP contribution in [0.1, 0.15) is 31.7 Å². The molecule has 3 heterocycles. The molecule has 0 spiro atoms. The third kappa shape index (κ3) is 3.85. The van der Waals surface area contributed by atoms with Gasteiger partial charge in [0.05, 0.1) is 12.0 Å². The number of aromatic nitrogens is 6. The Bertz CT molecular complexity index is 1340. The highest BCUT2D eigenvalue weighted by Gasteiger charge is 2.15. The highest BCUT2D eigenvalue weighted by molar-refractivity contribution is 7.99. The number of rotatable bonds is 7. The molecule has 0 saturated carbocycles. The van der Waals surface area contributed by atoms with E-state index in [4.69, 9.17) is 0 Å². The van der Waals surface area contributed by atoms with Crippen LogP contribution in [0.15, 0.2) is 57.7 Å². The summed E-state index contributed by atoms with van der Waals surface area (Å²) in [5.74, 6) is 1.14. The second-order valence-electron chi connectivity index (χ2n) is 7.82. The standard InChI is InChI=1S/C22H26N6O2S/c1-15(2)16-8-5-6-9-17(16)27-12-10-23-21(27)31-13-7-11-28-20(29)18-19(24-14-25(18)3)26(4)22(28)30/h5-6,8-10,12,14-15H,7,11,13H2,1-4H3. The second-order valence-corrected chi connectivity index (χ2v) is 8.88. The van der Waals surface area contributed by atoms with Crippen LogP contribution in [0.5, 0.6) is 0 Å². The van der Waals surface area contributed by atoms with Gasteiger partial charge in [0.15, 0.2) is 16.3 Å². The van der Waals surface area contributed by atoms with Crippen LogP contribution in [-0.4, -0.2) is 34.0 Å². The zero-order valence-electron chi connectivity index (χ0n) is 18.1. The zero-order valence-corrected chi connectivity index (χ0v) is 19.0. The van der Waals surface area contributed by atoms with Crippen molar-refractivity contribution in [3.05, 3.63) is 69.4 Å². The van der Waals surface area contributed by atoms with Gasteiger partial charge in [-0.15, -0.1) is 0 Å². The summed E-state index contributed by atoms with van der Waals surface area (Å²) in [6.07, 6.45) is 6.00.